The third-order valence-corrected chi connectivity index (χ3v) is 4.67. The van der Waals surface area contributed by atoms with Gasteiger partial charge in [0.1, 0.15) is 5.02 Å². The number of aromatic amines is 1. The van der Waals surface area contributed by atoms with Gasteiger partial charge in [-0.05, 0) is 36.8 Å². The van der Waals surface area contributed by atoms with Crippen molar-refractivity contribution in [3.63, 3.8) is 0 Å². The molecule has 1 saturated heterocycles. The molecule has 1 aromatic carbocycles. The molecule has 5 heteroatoms. The lowest BCUT2D eigenvalue weighted by Crippen LogP contribution is -2.32. The number of halogens is 1. The van der Waals surface area contributed by atoms with Crippen LogP contribution in [-0.4, -0.2) is 28.9 Å². The highest BCUT2D eigenvalue weighted by atomic mass is 35.5. The lowest BCUT2D eigenvalue weighted by molar-refractivity contribution is 0.0760. The lowest BCUT2D eigenvalue weighted by Gasteiger charge is -2.20. The van der Waals surface area contributed by atoms with Crippen molar-refractivity contribution < 1.29 is 4.79 Å². The summed E-state index contributed by atoms with van der Waals surface area (Å²) in [6.45, 7) is 1.45. The Morgan fingerprint density at radius 1 is 1.17 bits per heavy atom. The molecule has 1 N–H and O–H groups in total. The molecule has 4 nitrogen and oxygen atoms in total. The summed E-state index contributed by atoms with van der Waals surface area (Å²) in [5.41, 5.74) is 1.41. The molecule has 3 rings (SSSR count). The van der Waals surface area contributed by atoms with Crippen molar-refractivity contribution in [3.05, 3.63) is 69.1 Å². The number of H-pyrrole nitrogens is 1. The van der Waals surface area contributed by atoms with Gasteiger partial charge in [-0.2, -0.15) is 0 Å². The zero-order chi connectivity index (χ0) is 16.2. The molecule has 0 bridgehead atoms. The van der Waals surface area contributed by atoms with Gasteiger partial charge >= 0.3 is 0 Å². The molecule has 23 heavy (non-hydrogen) atoms. The predicted octanol–water partition coefficient (Wildman–Crippen LogP) is 3.44. The number of amides is 1. The topological polar surface area (TPSA) is 53.2 Å². The van der Waals surface area contributed by atoms with Gasteiger partial charge in [0.05, 0.1) is 5.56 Å². The van der Waals surface area contributed by atoms with E-state index in [4.69, 9.17) is 11.6 Å². The molecule has 0 radical (unpaired) electrons. The second-order valence-electron chi connectivity index (χ2n) is 5.90. The van der Waals surface area contributed by atoms with Crippen LogP contribution in [0.15, 0.2) is 47.4 Å². The number of benzene rings is 1. The van der Waals surface area contributed by atoms with Gasteiger partial charge in [-0.25, -0.2) is 0 Å². The van der Waals surface area contributed by atoms with Crippen molar-refractivity contribution >= 4 is 17.5 Å². The standard InChI is InChI=1S/C18H19ClN2O2/c19-16-11-15(12-20-17(16)22)18(23)21-9-4-7-14(8-10-21)13-5-2-1-3-6-13/h1-3,5-6,11-12,14H,4,7-10H2,(H,20,22). The number of carbonyl (C=O) groups is 1. The monoisotopic (exact) mass is 330 g/mol. The molecule has 0 saturated carbocycles. The molecule has 1 fully saturated rings. The Labute approximate surface area is 140 Å². The first-order valence-electron chi connectivity index (χ1n) is 7.87. The number of rotatable bonds is 2. The van der Waals surface area contributed by atoms with E-state index in [0.717, 1.165) is 32.4 Å². The number of nitrogens with zero attached hydrogens (tertiary/aromatic N) is 1. The quantitative estimate of drug-likeness (QED) is 0.917. The van der Waals surface area contributed by atoms with Gasteiger partial charge in [-0.15, -0.1) is 0 Å². The SMILES string of the molecule is O=C(c1c[nH]c(=O)c(Cl)c1)N1CCCC(c2ccccc2)CC1. The minimum Gasteiger partial charge on any atom is -0.339 e. The molecule has 1 aliphatic rings. The van der Waals surface area contributed by atoms with E-state index in [1.165, 1.54) is 17.8 Å². The minimum atomic E-state index is -0.372. The number of likely N-dealkylation sites (tertiary alicyclic amines) is 1. The summed E-state index contributed by atoms with van der Waals surface area (Å²) in [6.07, 6.45) is 4.45. The van der Waals surface area contributed by atoms with Crippen LogP contribution in [-0.2, 0) is 0 Å². The Morgan fingerprint density at radius 2 is 1.96 bits per heavy atom. The molecule has 0 spiro atoms. The average Bonchev–Trinajstić information content (AvgIpc) is 2.83. The summed E-state index contributed by atoms with van der Waals surface area (Å²) in [7, 11) is 0. The van der Waals surface area contributed by atoms with Crippen molar-refractivity contribution in [1.82, 2.24) is 9.88 Å². The Balaban J connectivity index is 1.71. The number of aromatic nitrogens is 1. The highest BCUT2D eigenvalue weighted by Gasteiger charge is 2.22. The van der Waals surface area contributed by atoms with Crippen LogP contribution in [0.5, 0.6) is 0 Å². The molecule has 0 aliphatic carbocycles. The fourth-order valence-corrected chi connectivity index (χ4v) is 3.29. The van der Waals surface area contributed by atoms with Crippen molar-refractivity contribution in [3.8, 4) is 0 Å². The van der Waals surface area contributed by atoms with Gasteiger partial charge in [0, 0.05) is 19.3 Å². The van der Waals surface area contributed by atoms with Crippen molar-refractivity contribution in [2.24, 2.45) is 0 Å². The summed E-state index contributed by atoms with van der Waals surface area (Å²) < 4.78 is 0. The fourth-order valence-electron chi connectivity index (χ4n) is 3.12. The number of pyridine rings is 1. The number of hydrogen-bond donors (Lipinski definition) is 1. The Bertz CT molecular complexity index is 742. The Hall–Kier alpha value is -2.07. The van der Waals surface area contributed by atoms with E-state index in [2.05, 4.69) is 29.2 Å². The molecular formula is C18H19ClN2O2. The van der Waals surface area contributed by atoms with Crippen LogP contribution in [0.1, 0.15) is 41.1 Å². The van der Waals surface area contributed by atoms with E-state index in [9.17, 15) is 9.59 Å². The van der Waals surface area contributed by atoms with Crippen molar-refractivity contribution in [1.29, 1.82) is 0 Å². The third-order valence-electron chi connectivity index (χ3n) is 4.39. The van der Waals surface area contributed by atoms with Crippen LogP contribution < -0.4 is 5.56 Å². The molecule has 1 aromatic heterocycles. The second-order valence-corrected chi connectivity index (χ2v) is 6.30. The third kappa shape index (κ3) is 3.64. The van der Waals surface area contributed by atoms with Crippen LogP contribution >= 0.6 is 11.6 Å². The van der Waals surface area contributed by atoms with E-state index in [1.807, 2.05) is 11.0 Å². The van der Waals surface area contributed by atoms with Crippen molar-refractivity contribution in [2.45, 2.75) is 25.2 Å². The maximum Gasteiger partial charge on any atom is 0.266 e. The van der Waals surface area contributed by atoms with Crippen LogP contribution in [0.4, 0.5) is 0 Å². The van der Waals surface area contributed by atoms with E-state index >= 15 is 0 Å². The molecule has 1 aliphatic heterocycles. The first-order valence-corrected chi connectivity index (χ1v) is 8.25. The van der Waals surface area contributed by atoms with Gasteiger partial charge in [-0.3, -0.25) is 9.59 Å². The van der Waals surface area contributed by atoms with E-state index in [-0.39, 0.29) is 16.5 Å². The van der Waals surface area contributed by atoms with Gasteiger partial charge in [-0.1, -0.05) is 41.9 Å². The Morgan fingerprint density at radius 3 is 2.70 bits per heavy atom. The number of carbonyl (C=O) groups excluding carboxylic acids is 1. The molecule has 2 heterocycles. The summed E-state index contributed by atoms with van der Waals surface area (Å²) in [4.78, 5) is 28.3. The maximum absolute atomic E-state index is 12.6. The number of hydrogen-bond acceptors (Lipinski definition) is 2. The largest absolute Gasteiger partial charge is 0.339 e. The van der Waals surface area contributed by atoms with Crippen LogP contribution in [0.2, 0.25) is 5.02 Å². The summed E-state index contributed by atoms with van der Waals surface area (Å²) in [6, 6.07) is 11.9. The van der Waals surface area contributed by atoms with E-state index < -0.39 is 0 Å². The lowest BCUT2D eigenvalue weighted by atomic mass is 9.92. The average molecular weight is 331 g/mol. The summed E-state index contributed by atoms with van der Waals surface area (Å²) >= 11 is 5.82. The molecule has 1 unspecified atom stereocenters. The van der Waals surface area contributed by atoms with Gasteiger partial charge in [0.25, 0.3) is 11.5 Å². The zero-order valence-corrected chi connectivity index (χ0v) is 13.6. The first kappa shape index (κ1) is 15.8. The molecule has 2 aromatic rings. The number of nitrogens with one attached hydrogen (secondary N) is 1. The first-order chi connectivity index (χ1) is 11.1. The van der Waals surface area contributed by atoms with E-state index in [1.54, 1.807) is 0 Å². The molecular weight excluding hydrogens is 312 g/mol. The second kappa shape index (κ2) is 7.01. The fraction of sp³-hybridized carbons (Fsp3) is 0.333. The van der Waals surface area contributed by atoms with E-state index in [0.29, 0.717) is 11.5 Å². The maximum atomic E-state index is 12.6. The minimum absolute atomic E-state index is 0.0489. The van der Waals surface area contributed by atoms with Gasteiger partial charge in [0.15, 0.2) is 0 Å². The van der Waals surface area contributed by atoms with Gasteiger partial charge < -0.3 is 9.88 Å². The van der Waals surface area contributed by atoms with Gasteiger partial charge in [0.2, 0.25) is 0 Å². The predicted molar refractivity (Wildman–Crippen MR) is 91.0 cm³/mol. The highest BCUT2D eigenvalue weighted by molar-refractivity contribution is 6.30. The van der Waals surface area contributed by atoms with Crippen LogP contribution in [0.25, 0.3) is 0 Å². The van der Waals surface area contributed by atoms with Crippen molar-refractivity contribution in [2.75, 3.05) is 13.1 Å². The molecule has 1 atom stereocenters. The molecule has 120 valence electrons. The Kier molecular flexibility index (Phi) is 4.82. The van der Waals surface area contributed by atoms with Crippen LogP contribution in [0, 0.1) is 0 Å². The summed E-state index contributed by atoms with van der Waals surface area (Å²) in [5, 5.41) is 0.0489. The van der Waals surface area contributed by atoms with Crippen LogP contribution in [0.3, 0.4) is 0 Å². The summed E-state index contributed by atoms with van der Waals surface area (Å²) in [5.74, 6) is 0.421. The smallest absolute Gasteiger partial charge is 0.266 e. The molecule has 1 amide bonds. The highest BCUT2D eigenvalue weighted by Crippen LogP contribution is 2.28. The zero-order valence-electron chi connectivity index (χ0n) is 12.8. The normalized spacial score (nSPS) is 18.5.